The van der Waals surface area contributed by atoms with Crippen LogP contribution in [-0.2, 0) is 21.3 Å². The van der Waals surface area contributed by atoms with Crippen molar-refractivity contribution in [2.24, 2.45) is 0 Å². The molecule has 1 heterocycles. The quantitative estimate of drug-likeness (QED) is 0.846. The zero-order valence-electron chi connectivity index (χ0n) is 11.5. The van der Waals surface area contributed by atoms with E-state index in [1.165, 1.54) is 12.6 Å². The van der Waals surface area contributed by atoms with Gasteiger partial charge in [-0.1, -0.05) is 24.3 Å². The number of ether oxygens (including phenoxy) is 1. The molecular formula is C13H14N2O4S2. The van der Waals surface area contributed by atoms with Crippen LogP contribution in [0.1, 0.15) is 21.6 Å². The molecule has 0 amide bonds. The summed E-state index contributed by atoms with van der Waals surface area (Å²) in [6.07, 6.45) is 0. The molecule has 0 saturated heterocycles. The Balaban J connectivity index is 2.22. The number of hydrogen-bond donors (Lipinski definition) is 1. The minimum absolute atomic E-state index is 0.136. The Hall–Kier alpha value is -1.77. The average Bonchev–Trinajstić information content (AvgIpc) is 2.96. The van der Waals surface area contributed by atoms with Crippen molar-refractivity contribution in [3.05, 3.63) is 46.6 Å². The summed E-state index contributed by atoms with van der Waals surface area (Å²) in [5.41, 5.74) is 2.96. The number of aryl methyl sites for hydroxylation is 1. The number of thiazole rings is 1. The van der Waals surface area contributed by atoms with Crippen LogP contribution in [0.2, 0.25) is 0 Å². The van der Waals surface area contributed by atoms with E-state index in [9.17, 15) is 13.2 Å². The third-order valence-corrected chi connectivity index (χ3v) is 5.64. The van der Waals surface area contributed by atoms with Gasteiger partial charge in [-0.15, -0.1) is 11.3 Å². The van der Waals surface area contributed by atoms with Crippen molar-refractivity contribution in [2.75, 3.05) is 7.11 Å². The van der Waals surface area contributed by atoms with Crippen molar-refractivity contribution >= 4 is 27.3 Å². The molecule has 0 saturated carbocycles. The summed E-state index contributed by atoms with van der Waals surface area (Å²) in [4.78, 5) is 15.3. The minimum Gasteiger partial charge on any atom is -0.464 e. The van der Waals surface area contributed by atoms with Crippen molar-refractivity contribution in [3.63, 3.8) is 0 Å². The minimum atomic E-state index is -3.81. The lowest BCUT2D eigenvalue weighted by Crippen LogP contribution is -2.24. The molecule has 2 rings (SSSR count). The van der Waals surface area contributed by atoms with E-state index >= 15 is 0 Å². The average molecular weight is 326 g/mol. The van der Waals surface area contributed by atoms with Crippen LogP contribution < -0.4 is 4.72 Å². The van der Waals surface area contributed by atoms with Crippen LogP contribution in [0.25, 0.3) is 0 Å². The van der Waals surface area contributed by atoms with Crippen LogP contribution in [0.3, 0.4) is 0 Å². The number of methoxy groups -OCH3 is 1. The molecule has 0 atom stereocenters. The van der Waals surface area contributed by atoms with Crippen molar-refractivity contribution in [1.82, 2.24) is 9.71 Å². The summed E-state index contributed by atoms with van der Waals surface area (Å²) in [6.45, 7) is 2.05. The molecule has 0 aliphatic rings. The highest BCUT2D eigenvalue weighted by Gasteiger charge is 2.26. The fourth-order valence-electron chi connectivity index (χ4n) is 1.71. The predicted molar refractivity (Wildman–Crippen MR) is 78.7 cm³/mol. The highest BCUT2D eigenvalue weighted by Crippen LogP contribution is 2.21. The molecule has 0 radical (unpaired) electrons. The van der Waals surface area contributed by atoms with Crippen molar-refractivity contribution < 1.29 is 17.9 Å². The van der Waals surface area contributed by atoms with Gasteiger partial charge in [0.15, 0.2) is 9.90 Å². The van der Waals surface area contributed by atoms with Crippen molar-refractivity contribution in [2.45, 2.75) is 17.7 Å². The molecule has 0 bridgehead atoms. The van der Waals surface area contributed by atoms with Crippen LogP contribution in [0.15, 0.2) is 34.0 Å². The Morgan fingerprint density at radius 1 is 1.38 bits per heavy atom. The van der Waals surface area contributed by atoms with E-state index < -0.39 is 16.0 Å². The van der Waals surface area contributed by atoms with Crippen molar-refractivity contribution in [3.8, 4) is 0 Å². The number of carbonyl (C=O) groups is 1. The van der Waals surface area contributed by atoms with E-state index in [1.54, 1.807) is 0 Å². The Labute approximate surface area is 126 Å². The molecule has 0 unspecified atom stereocenters. The van der Waals surface area contributed by atoms with Gasteiger partial charge in [0.05, 0.1) is 12.6 Å². The molecule has 0 fully saturated rings. The van der Waals surface area contributed by atoms with Gasteiger partial charge in [0.1, 0.15) is 0 Å². The number of carbonyl (C=O) groups excluding carboxylic acids is 1. The number of sulfonamides is 1. The first-order chi connectivity index (χ1) is 9.95. The Morgan fingerprint density at radius 2 is 2.10 bits per heavy atom. The highest BCUT2D eigenvalue weighted by molar-refractivity contribution is 7.91. The fraction of sp³-hybridized carbons (Fsp3) is 0.231. The molecule has 21 heavy (non-hydrogen) atoms. The second-order valence-corrected chi connectivity index (χ2v) is 7.05. The number of aromatic nitrogens is 1. The first kappa shape index (κ1) is 15.6. The molecule has 1 aromatic heterocycles. The standard InChI is InChI=1S/C13H14N2O4S2/c1-9-5-3-4-6-10(9)7-15-21(17,18)13-11(12(16)19-2)14-8-20-13/h3-6,8,15H,7H2,1-2H3. The molecule has 0 aliphatic heterocycles. The summed E-state index contributed by atoms with van der Waals surface area (Å²) >= 11 is 0.877. The lowest BCUT2D eigenvalue weighted by Gasteiger charge is -2.08. The van der Waals surface area contributed by atoms with Crippen LogP contribution in [0.5, 0.6) is 0 Å². The van der Waals surface area contributed by atoms with E-state index in [4.69, 9.17) is 0 Å². The molecule has 1 aromatic carbocycles. The lowest BCUT2D eigenvalue weighted by molar-refractivity contribution is 0.0590. The summed E-state index contributed by atoms with van der Waals surface area (Å²) in [5.74, 6) is -0.771. The maximum Gasteiger partial charge on any atom is 0.358 e. The van der Waals surface area contributed by atoms with E-state index in [0.29, 0.717) is 0 Å². The third kappa shape index (κ3) is 3.46. The van der Waals surface area contributed by atoms with Crippen LogP contribution >= 0.6 is 11.3 Å². The van der Waals surface area contributed by atoms with Gasteiger partial charge >= 0.3 is 5.97 Å². The molecule has 0 aliphatic carbocycles. The smallest absolute Gasteiger partial charge is 0.358 e. The van der Waals surface area contributed by atoms with Gasteiger partial charge in [-0.25, -0.2) is 22.9 Å². The number of rotatable bonds is 5. The van der Waals surface area contributed by atoms with Gasteiger partial charge in [0.2, 0.25) is 0 Å². The van der Waals surface area contributed by atoms with E-state index in [0.717, 1.165) is 22.5 Å². The first-order valence-corrected chi connectivity index (χ1v) is 8.38. The zero-order valence-corrected chi connectivity index (χ0v) is 13.1. The van der Waals surface area contributed by atoms with Gasteiger partial charge in [-0.05, 0) is 18.1 Å². The molecule has 2 aromatic rings. The summed E-state index contributed by atoms with van der Waals surface area (Å²) in [7, 11) is -2.63. The van der Waals surface area contributed by atoms with E-state index in [-0.39, 0.29) is 16.4 Å². The van der Waals surface area contributed by atoms with Gasteiger partial charge in [0, 0.05) is 6.54 Å². The first-order valence-electron chi connectivity index (χ1n) is 6.01. The number of nitrogens with one attached hydrogen (secondary N) is 1. The highest BCUT2D eigenvalue weighted by atomic mass is 32.2. The van der Waals surface area contributed by atoms with Gasteiger partial charge < -0.3 is 4.74 Å². The van der Waals surface area contributed by atoms with Gasteiger partial charge in [-0.3, -0.25) is 0 Å². The van der Waals surface area contributed by atoms with Crippen LogP contribution in [0, 0.1) is 6.92 Å². The van der Waals surface area contributed by atoms with Crippen molar-refractivity contribution in [1.29, 1.82) is 0 Å². The number of benzene rings is 1. The topological polar surface area (TPSA) is 85.4 Å². The summed E-state index contributed by atoms with van der Waals surface area (Å²) < 4.78 is 31.4. The summed E-state index contributed by atoms with van der Waals surface area (Å²) in [6, 6.07) is 7.46. The maximum absolute atomic E-state index is 12.3. The third-order valence-electron chi connectivity index (χ3n) is 2.87. The Morgan fingerprint density at radius 3 is 2.76 bits per heavy atom. The predicted octanol–water partition coefficient (Wildman–Crippen LogP) is 1.72. The van der Waals surface area contributed by atoms with E-state index in [1.807, 2.05) is 31.2 Å². The molecule has 1 N–H and O–H groups in total. The fourth-order valence-corrected chi connectivity index (χ4v) is 3.89. The molecule has 0 spiro atoms. The van der Waals surface area contributed by atoms with Gasteiger partial charge in [0.25, 0.3) is 10.0 Å². The number of esters is 1. The zero-order chi connectivity index (χ0) is 15.5. The number of hydrogen-bond acceptors (Lipinski definition) is 6. The second kappa shape index (κ2) is 6.33. The molecule has 112 valence electrons. The summed E-state index contributed by atoms with van der Waals surface area (Å²) in [5, 5.41) is 0. The maximum atomic E-state index is 12.3. The van der Waals surface area contributed by atoms with Crippen LogP contribution in [-0.4, -0.2) is 26.5 Å². The Bertz CT molecular complexity index is 753. The lowest BCUT2D eigenvalue weighted by atomic mass is 10.1. The van der Waals surface area contributed by atoms with Crippen LogP contribution in [0.4, 0.5) is 0 Å². The number of nitrogens with zero attached hydrogens (tertiary/aromatic N) is 1. The van der Waals surface area contributed by atoms with Gasteiger partial charge in [-0.2, -0.15) is 0 Å². The monoisotopic (exact) mass is 326 g/mol. The SMILES string of the molecule is COC(=O)c1ncsc1S(=O)(=O)NCc1ccccc1C. The van der Waals surface area contributed by atoms with E-state index in [2.05, 4.69) is 14.4 Å². The molecular weight excluding hydrogens is 312 g/mol. The second-order valence-electron chi connectivity index (χ2n) is 4.23. The Kier molecular flexibility index (Phi) is 4.71. The molecule has 6 nitrogen and oxygen atoms in total. The normalized spacial score (nSPS) is 11.3. The molecule has 8 heteroatoms. The largest absolute Gasteiger partial charge is 0.464 e.